The fraction of sp³-hybridized carbons (Fsp3) is 0.381. The first-order chi connectivity index (χ1) is 13.9. The van der Waals surface area contributed by atoms with Crippen molar-refractivity contribution in [2.24, 2.45) is 5.92 Å². The molecule has 2 aromatic rings. The molecule has 0 bridgehead atoms. The van der Waals surface area contributed by atoms with Gasteiger partial charge in [-0.3, -0.25) is 19.8 Å². The standard InChI is InChI=1S/C21H24ClN3O4/c1-14-3-5-15(6-4-14)13-24-9-7-16(8-10-24)21(26)23-18-11-17(22)19(25(27)28)12-20(18)29-2/h3-6,11-12,16H,7-10,13H2,1-2H3,(H,23,26). The van der Waals surface area contributed by atoms with Crippen molar-refractivity contribution in [3.05, 3.63) is 62.7 Å². The molecule has 154 valence electrons. The first-order valence-electron chi connectivity index (χ1n) is 9.48. The Kier molecular flexibility index (Phi) is 6.71. The molecule has 7 nitrogen and oxygen atoms in total. The zero-order valence-electron chi connectivity index (χ0n) is 16.5. The lowest BCUT2D eigenvalue weighted by atomic mass is 9.95. The summed E-state index contributed by atoms with van der Waals surface area (Å²) in [5.74, 6) is -0.0302. The van der Waals surface area contributed by atoms with E-state index in [1.54, 1.807) is 0 Å². The van der Waals surface area contributed by atoms with Crippen LogP contribution in [0.2, 0.25) is 5.02 Å². The first kappa shape index (κ1) is 21.1. The number of likely N-dealkylation sites (tertiary alicyclic amines) is 1. The summed E-state index contributed by atoms with van der Waals surface area (Å²) in [5, 5.41) is 13.8. The fourth-order valence-corrected chi connectivity index (χ4v) is 3.72. The second-order valence-electron chi connectivity index (χ2n) is 7.29. The molecule has 2 aromatic carbocycles. The quantitative estimate of drug-likeness (QED) is 0.555. The predicted molar refractivity (Wildman–Crippen MR) is 112 cm³/mol. The minimum atomic E-state index is -0.583. The van der Waals surface area contributed by atoms with Crippen LogP contribution in [0, 0.1) is 23.0 Å². The van der Waals surface area contributed by atoms with Crippen LogP contribution in [0.15, 0.2) is 36.4 Å². The largest absolute Gasteiger partial charge is 0.494 e. The molecule has 1 aliphatic heterocycles. The highest BCUT2D eigenvalue weighted by Gasteiger charge is 2.26. The van der Waals surface area contributed by atoms with Crippen LogP contribution in [0.25, 0.3) is 0 Å². The van der Waals surface area contributed by atoms with Gasteiger partial charge in [0.1, 0.15) is 10.8 Å². The van der Waals surface area contributed by atoms with Crippen LogP contribution in [0.4, 0.5) is 11.4 Å². The molecule has 0 aliphatic carbocycles. The van der Waals surface area contributed by atoms with E-state index in [0.717, 1.165) is 32.5 Å². The third-order valence-corrected chi connectivity index (χ3v) is 5.51. The molecule has 8 heteroatoms. The first-order valence-corrected chi connectivity index (χ1v) is 9.86. The summed E-state index contributed by atoms with van der Waals surface area (Å²) in [6.07, 6.45) is 1.50. The molecule has 0 saturated carbocycles. The lowest BCUT2D eigenvalue weighted by molar-refractivity contribution is -0.384. The molecule has 1 aliphatic rings. The molecule has 1 amide bonds. The number of rotatable bonds is 6. The number of methoxy groups -OCH3 is 1. The summed E-state index contributed by atoms with van der Waals surface area (Å²) in [6.45, 7) is 4.62. The SMILES string of the molecule is COc1cc([N+](=O)[O-])c(Cl)cc1NC(=O)C1CCN(Cc2ccc(C)cc2)CC1. The Hall–Kier alpha value is -2.64. The van der Waals surface area contributed by atoms with E-state index in [0.29, 0.717) is 5.69 Å². The van der Waals surface area contributed by atoms with Crippen molar-refractivity contribution in [2.75, 3.05) is 25.5 Å². The number of anilines is 1. The number of aryl methyl sites for hydroxylation is 1. The van der Waals surface area contributed by atoms with Crippen LogP contribution in [0.3, 0.4) is 0 Å². The lowest BCUT2D eigenvalue weighted by Gasteiger charge is -2.31. The van der Waals surface area contributed by atoms with Crippen LogP contribution in [0.1, 0.15) is 24.0 Å². The highest BCUT2D eigenvalue weighted by Crippen LogP contribution is 2.36. The Morgan fingerprint density at radius 1 is 1.28 bits per heavy atom. The maximum absolute atomic E-state index is 12.7. The number of carbonyl (C=O) groups is 1. The highest BCUT2D eigenvalue weighted by atomic mass is 35.5. The predicted octanol–water partition coefficient (Wildman–Crippen LogP) is 4.42. The molecule has 0 spiro atoms. The summed E-state index contributed by atoms with van der Waals surface area (Å²) < 4.78 is 5.19. The van der Waals surface area contributed by atoms with Gasteiger partial charge in [0.15, 0.2) is 0 Å². The number of nitrogens with one attached hydrogen (secondary N) is 1. The van der Waals surface area contributed by atoms with Crippen molar-refractivity contribution >= 4 is 28.9 Å². The number of nitro groups is 1. The van der Waals surface area contributed by atoms with E-state index in [9.17, 15) is 14.9 Å². The van der Waals surface area contributed by atoms with Gasteiger partial charge < -0.3 is 10.1 Å². The molecular formula is C21H24ClN3O4. The van der Waals surface area contributed by atoms with Gasteiger partial charge >= 0.3 is 0 Å². The third-order valence-electron chi connectivity index (χ3n) is 5.21. The molecule has 1 saturated heterocycles. The van der Waals surface area contributed by atoms with E-state index >= 15 is 0 Å². The zero-order valence-corrected chi connectivity index (χ0v) is 17.2. The number of ether oxygens (including phenoxy) is 1. The van der Waals surface area contributed by atoms with Gasteiger partial charge in [0.05, 0.1) is 23.8 Å². The topological polar surface area (TPSA) is 84.7 Å². The normalized spacial score (nSPS) is 15.1. The second-order valence-corrected chi connectivity index (χ2v) is 7.69. The molecular weight excluding hydrogens is 394 g/mol. The molecule has 0 radical (unpaired) electrons. The summed E-state index contributed by atoms with van der Waals surface area (Å²) in [6, 6.07) is 11.1. The highest BCUT2D eigenvalue weighted by molar-refractivity contribution is 6.33. The zero-order chi connectivity index (χ0) is 21.0. The van der Waals surface area contributed by atoms with Gasteiger partial charge in [-0.2, -0.15) is 0 Å². The third kappa shape index (κ3) is 5.25. The maximum Gasteiger partial charge on any atom is 0.291 e. The Labute approximate surface area is 174 Å². The number of nitro benzene ring substituents is 1. The van der Waals surface area contributed by atoms with Gasteiger partial charge in [0, 0.05) is 12.5 Å². The van der Waals surface area contributed by atoms with E-state index in [2.05, 4.69) is 41.4 Å². The number of nitrogens with zero attached hydrogens (tertiary/aromatic N) is 2. The van der Waals surface area contributed by atoms with Crippen molar-refractivity contribution in [1.29, 1.82) is 0 Å². The van der Waals surface area contributed by atoms with Gasteiger partial charge in [0.25, 0.3) is 5.69 Å². The average molecular weight is 418 g/mol. The molecule has 3 rings (SSSR count). The van der Waals surface area contributed by atoms with Gasteiger partial charge in [-0.1, -0.05) is 41.4 Å². The maximum atomic E-state index is 12.7. The number of benzene rings is 2. The van der Waals surface area contributed by atoms with Crippen molar-refractivity contribution in [3.8, 4) is 5.75 Å². The number of piperidine rings is 1. The van der Waals surface area contributed by atoms with Gasteiger partial charge in [-0.15, -0.1) is 0 Å². The van der Waals surface area contributed by atoms with E-state index in [-0.39, 0.29) is 28.3 Å². The molecule has 1 heterocycles. The van der Waals surface area contributed by atoms with E-state index < -0.39 is 4.92 Å². The number of halogens is 1. The van der Waals surface area contributed by atoms with Crippen molar-refractivity contribution < 1.29 is 14.5 Å². The summed E-state index contributed by atoms with van der Waals surface area (Å²) >= 11 is 5.97. The van der Waals surface area contributed by atoms with Crippen LogP contribution in [-0.4, -0.2) is 35.9 Å². The minimum Gasteiger partial charge on any atom is -0.494 e. The molecule has 0 unspecified atom stereocenters. The second kappa shape index (κ2) is 9.24. The Bertz CT molecular complexity index is 894. The molecule has 29 heavy (non-hydrogen) atoms. The summed E-state index contributed by atoms with van der Waals surface area (Å²) in [7, 11) is 1.40. The smallest absolute Gasteiger partial charge is 0.291 e. The molecule has 1 fully saturated rings. The van der Waals surface area contributed by atoms with Crippen LogP contribution >= 0.6 is 11.6 Å². The van der Waals surface area contributed by atoms with Gasteiger partial charge in [-0.05, 0) is 44.5 Å². The Morgan fingerprint density at radius 2 is 1.93 bits per heavy atom. The number of carbonyl (C=O) groups excluding carboxylic acids is 1. The monoisotopic (exact) mass is 417 g/mol. The summed E-state index contributed by atoms with van der Waals surface area (Å²) in [5.41, 5.74) is 2.59. The van der Waals surface area contributed by atoms with E-state index in [4.69, 9.17) is 16.3 Å². The average Bonchev–Trinajstić information content (AvgIpc) is 2.70. The fourth-order valence-electron chi connectivity index (χ4n) is 3.49. The van der Waals surface area contributed by atoms with Gasteiger partial charge in [-0.25, -0.2) is 0 Å². The molecule has 1 N–H and O–H groups in total. The van der Waals surface area contributed by atoms with Crippen LogP contribution < -0.4 is 10.1 Å². The van der Waals surface area contributed by atoms with Crippen molar-refractivity contribution in [2.45, 2.75) is 26.3 Å². The summed E-state index contributed by atoms with van der Waals surface area (Å²) in [4.78, 5) is 25.5. The van der Waals surface area contributed by atoms with E-state index in [1.807, 2.05) is 0 Å². The van der Waals surface area contributed by atoms with Crippen molar-refractivity contribution in [3.63, 3.8) is 0 Å². The number of amides is 1. The van der Waals surface area contributed by atoms with Crippen LogP contribution in [-0.2, 0) is 11.3 Å². The minimum absolute atomic E-state index is 0.0426. The Morgan fingerprint density at radius 3 is 2.52 bits per heavy atom. The Balaban J connectivity index is 1.59. The van der Waals surface area contributed by atoms with Crippen molar-refractivity contribution in [1.82, 2.24) is 4.90 Å². The molecule has 0 aromatic heterocycles. The molecule has 0 atom stereocenters. The van der Waals surface area contributed by atoms with Gasteiger partial charge in [0.2, 0.25) is 5.91 Å². The van der Waals surface area contributed by atoms with E-state index in [1.165, 1.54) is 30.4 Å². The lowest BCUT2D eigenvalue weighted by Crippen LogP contribution is -2.37. The number of hydrogen-bond acceptors (Lipinski definition) is 5. The number of hydrogen-bond donors (Lipinski definition) is 1. The van der Waals surface area contributed by atoms with Crippen LogP contribution in [0.5, 0.6) is 5.75 Å².